The van der Waals surface area contributed by atoms with Gasteiger partial charge in [0.1, 0.15) is 0 Å². The highest BCUT2D eigenvalue weighted by molar-refractivity contribution is 5.86. The zero-order valence-electron chi connectivity index (χ0n) is 7.62. The SMILES string of the molecule is CCc1ccc2c(c1)C=C=CN=C2. The highest BCUT2D eigenvalue weighted by Crippen LogP contribution is 2.13. The first kappa shape index (κ1) is 8.03. The van der Waals surface area contributed by atoms with Crippen LogP contribution in [0.1, 0.15) is 23.6 Å². The lowest BCUT2D eigenvalue weighted by atomic mass is 10.0. The maximum absolute atomic E-state index is 4.08. The zero-order chi connectivity index (χ0) is 9.10. The molecule has 0 atom stereocenters. The number of aliphatic imine (C=N–C) groups is 1. The summed E-state index contributed by atoms with van der Waals surface area (Å²) >= 11 is 0. The van der Waals surface area contributed by atoms with Crippen molar-refractivity contribution < 1.29 is 0 Å². The van der Waals surface area contributed by atoms with Crippen molar-refractivity contribution in [3.63, 3.8) is 0 Å². The second kappa shape index (κ2) is 3.42. The molecule has 64 valence electrons. The quantitative estimate of drug-likeness (QED) is 0.573. The molecule has 0 N–H and O–H groups in total. The van der Waals surface area contributed by atoms with Gasteiger partial charge >= 0.3 is 0 Å². The first-order valence-electron chi connectivity index (χ1n) is 4.47. The topological polar surface area (TPSA) is 12.4 Å². The maximum Gasteiger partial charge on any atom is 0.0686 e. The Morgan fingerprint density at radius 3 is 3.08 bits per heavy atom. The highest BCUT2D eigenvalue weighted by Gasteiger charge is 1.99. The van der Waals surface area contributed by atoms with E-state index < -0.39 is 0 Å². The molecule has 0 spiro atoms. The zero-order valence-corrected chi connectivity index (χ0v) is 7.62. The molecule has 13 heavy (non-hydrogen) atoms. The van der Waals surface area contributed by atoms with Crippen LogP contribution in [0.15, 0.2) is 35.1 Å². The summed E-state index contributed by atoms with van der Waals surface area (Å²) in [6.07, 6.45) is 6.60. The third kappa shape index (κ3) is 1.61. The third-order valence-electron chi connectivity index (χ3n) is 2.16. The van der Waals surface area contributed by atoms with E-state index in [1.54, 1.807) is 6.20 Å². The maximum atomic E-state index is 4.08. The molecule has 0 radical (unpaired) electrons. The van der Waals surface area contributed by atoms with Gasteiger partial charge in [-0.15, -0.1) is 5.73 Å². The Hall–Kier alpha value is -1.59. The molecule has 0 unspecified atom stereocenters. The van der Waals surface area contributed by atoms with Crippen LogP contribution in [0.4, 0.5) is 0 Å². The molecular weight excluding hydrogens is 158 g/mol. The van der Waals surface area contributed by atoms with Crippen LogP contribution in [0, 0.1) is 0 Å². The van der Waals surface area contributed by atoms with E-state index in [-0.39, 0.29) is 0 Å². The Balaban J connectivity index is 2.56. The first-order valence-corrected chi connectivity index (χ1v) is 4.47. The van der Waals surface area contributed by atoms with Gasteiger partial charge < -0.3 is 0 Å². The van der Waals surface area contributed by atoms with Gasteiger partial charge in [0.25, 0.3) is 0 Å². The molecule has 0 aromatic heterocycles. The summed E-state index contributed by atoms with van der Waals surface area (Å²) in [7, 11) is 0. The van der Waals surface area contributed by atoms with Crippen molar-refractivity contribution in [1.29, 1.82) is 0 Å². The number of hydrogen-bond acceptors (Lipinski definition) is 1. The summed E-state index contributed by atoms with van der Waals surface area (Å²) in [4.78, 5) is 4.08. The van der Waals surface area contributed by atoms with E-state index in [1.165, 1.54) is 16.7 Å². The fourth-order valence-corrected chi connectivity index (χ4v) is 1.37. The van der Waals surface area contributed by atoms with Gasteiger partial charge in [-0.05, 0) is 23.6 Å². The molecule has 1 aromatic carbocycles. The van der Waals surface area contributed by atoms with Gasteiger partial charge in [0.05, 0.1) is 6.20 Å². The van der Waals surface area contributed by atoms with Crippen LogP contribution in [-0.2, 0) is 6.42 Å². The molecule has 0 fully saturated rings. The van der Waals surface area contributed by atoms with Gasteiger partial charge in [0.15, 0.2) is 0 Å². The smallest absolute Gasteiger partial charge is 0.0686 e. The van der Waals surface area contributed by atoms with Gasteiger partial charge in [-0.2, -0.15) is 0 Å². The van der Waals surface area contributed by atoms with Gasteiger partial charge in [-0.1, -0.05) is 25.1 Å². The fraction of sp³-hybridized carbons (Fsp3) is 0.167. The molecule has 0 saturated carbocycles. The van der Waals surface area contributed by atoms with E-state index in [0.717, 1.165) is 6.42 Å². The van der Waals surface area contributed by atoms with E-state index in [4.69, 9.17) is 0 Å². The molecule has 1 aromatic rings. The molecule has 1 aliphatic heterocycles. The molecule has 0 bridgehead atoms. The van der Waals surface area contributed by atoms with Crippen molar-refractivity contribution in [2.24, 2.45) is 4.99 Å². The van der Waals surface area contributed by atoms with Crippen molar-refractivity contribution in [3.05, 3.63) is 46.8 Å². The molecule has 0 amide bonds. The van der Waals surface area contributed by atoms with Crippen molar-refractivity contribution in [1.82, 2.24) is 0 Å². The third-order valence-corrected chi connectivity index (χ3v) is 2.16. The minimum absolute atomic E-state index is 1.07. The summed E-state index contributed by atoms with van der Waals surface area (Å²) in [5.74, 6) is 0. The van der Waals surface area contributed by atoms with E-state index in [1.807, 2.05) is 12.3 Å². The minimum atomic E-state index is 1.07. The summed E-state index contributed by atoms with van der Waals surface area (Å²) in [6, 6.07) is 6.44. The van der Waals surface area contributed by atoms with E-state index >= 15 is 0 Å². The van der Waals surface area contributed by atoms with Gasteiger partial charge in [-0.25, -0.2) is 0 Å². The average molecular weight is 169 g/mol. The second-order valence-corrected chi connectivity index (χ2v) is 3.04. The number of rotatable bonds is 1. The highest BCUT2D eigenvalue weighted by atomic mass is 14.7. The van der Waals surface area contributed by atoms with E-state index in [0.29, 0.717) is 0 Å². The van der Waals surface area contributed by atoms with Gasteiger partial charge in [-0.3, -0.25) is 4.99 Å². The number of aryl methyl sites for hydroxylation is 1. The molecule has 0 aliphatic carbocycles. The normalized spacial score (nSPS) is 12.7. The summed E-state index contributed by atoms with van der Waals surface area (Å²) in [6.45, 7) is 2.16. The van der Waals surface area contributed by atoms with Crippen LogP contribution in [0.2, 0.25) is 0 Å². The molecule has 2 rings (SSSR count). The number of hydrogen-bond donors (Lipinski definition) is 0. The lowest BCUT2D eigenvalue weighted by Crippen LogP contribution is -1.88. The molecule has 1 heterocycles. The number of nitrogens with zero attached hydrogens (tertiary/aromatic N) is 1. The Morgan fingerprint density at radius 1 is 1.31 bits per heavy atom. The standard InChI is InChI=1S/C12H11N/c1-2-10-5-6-12-9-13-7-3-4-11(12)8-10/h4-9H,2H2,1H3. The van der Waals surface area contributed by atoms with Crippen molar-refractivity contribution in [2.75, 3.05) is 0 Å². The van der Waals surface area contributed by atoms with Crippen LogP contribution in [-0.4, -0.2) is 6.21 Å². The van der Waals surface area contributed by atoms with Gasteiger partial charge in [0.2, 0.25) is 0 Å². The predicted octanol–water partition coefficient (Wildman–Crippen LogP) is 2.81. The first-order chi connectivity index (χ1) is 6.40. The molecule has 1 nitrogen and oxygen atoms in total. The van der Waals surface area contributed by atoms with Crippen molar-refractivity contribution in [2.45, 2.75) is 13.3 Å². The number of benzene rings is 1. The average Bonchev–Trinajstić information content (AvgIpc) is 2.41. The van der Waals surface area contributed by atoms with Crippen molar-refractivity contribution in [3.8, 4) is 0 Å². The molecular formula is C12H11N. The predicted molar refractivity (Wildman–Crippen MR) is 56.0 cm³/mol. The largest absolute Gasteiger partial charge is 0.256 e. The lowest BCUT2D eigenvalue weighted by Gasteiger charge is -2.01. The fourth-order valence-electron chi connectivity index (χ4n) is 1.37. The monoisotopic (exact) mass is 169 g/mol. The second-order valence-electron chi connectivity index (χ2n) is 3.04. The Kier molecular flexibility index (Phi) is 2.11. The van der Waals surface area contributed by atoms with Crippen LogP contribution in [0.3, 0.4) is 0 Å². The molecule has 1 aliphatic rings. The van der Waals surface area contributed by atoms with E-state index in [9.17, 15) is 0 Å². The Bertz CT molecular complexity index is 407. The van der Waals surface area contributed by atoms with E-state index in [2.05, 4.69) is 35.8 Å². The van der Waals surface area contributed by atoms with Crippen molar-refractivity contribution >= 4 is 12.3 Å². The number of fused-ring (bicyclic) bond motifs is 1. The minimum Gasteiger partial charge on any atom is -0.256 e. The summed E-state index contributed by atoms with van der Waals surface area (Å²) in [5, 5.41) is 0. The van der Waals surface area contributed by atoms with Gasteiger partial charge in [0, 0.05) is 11.8 Å². The molecule has 0 saturated heterocycles. The Labute approximate surface area is 78.1 Å². The van der Waals surface area contributed by atoms with Crippen LogP contribution in [0.5, 0.6) is 0 Å². The van der Waals surface area contributed by atoms with Crippen LogP contribution >= 0.6 is 0 Å². The summed E-state index contributed by atoms with van der Waals surface area (Å²) in [5.41, 5.74) is 6.73. The molecule has 1 heteroatoms. The Morgan fingerprint density at radius 2 is 2.23 bits per heavy atom. The summed E-state index contributed by atoms with van der Waals surface area (Å²) < 4.78 is 0. The van der Waals surface area contributed by atoms with Crippen LogP contribution < -0.4 is 0 Å². The lowest BCUT2D eigenvalue weighted by molar-refractivity contribution is 1.14. The van der Waals surface area contributed by atoms with Crippen LogP contribution in [0.25, 0.3) is 6.08 Å².